The van der Waals surface area contributed by atoms with E-state index in [2.05, 4.69) is 5.10 Å². The number of phosphoric acid groups is 1. The minimum Gasteiger partial charge on any atom is -0.756 e. The molecule has 6 nitrogen and oxygen atoms in total. The van der Waals surface area contributed by atoms with Crippen LogP contribution in [-0.4, -0.2) is 15.4 Å². The molecule has 2 heterocycles. The van der Waals surface area contributed by atoms with Crippen molar-refractivity contribution in [2.24, 2.45) is 0 Å². The van der Waals surface area contributed by atoms with Crippen LogP contribution in [0.15, 0.2) is 29.8 Å². The Balaban J connectivity index is 0.00000264. The van der Waals surface area contributed by atoms with Crippen LogP contribution in [0.1, 0.15) is 31.3 Å². The van der Waals surface area contributed by atoms with Crippen LogP contribution in [0.25, 0.3) is 12.2 Å². The number of aromatic nitrogens is 2. The van der Waals surface area contributed by atoms with Crippen molar-refractivity contribution >= 4 is 31.3 Å². The molecule has 0 aliphatic rings. The molecule has 0 N–H and O–H groups in total. The van der Waals surface area contributed by atoms with Crippen LogP contribution in [0.4, 0.5) is 0 Å². The predicted octanol–water partition coefficient (Wildman–Crippen LogP) is 0.377. The summed E-state index contributed by atoms with van der Waals surface area (Å²) in [7, 11) is -4.37. The van der Waals surface area contributed by atoms with Gasteiger partial charge in [0.15, 0.2) is 0 Å². The molecule has 9 heteroatoms. The van der Waals surface area contributed by atoms with Crippen LogP contribution in [0.3, 0.4) is 0 Å². The van der Waals surface area contributed by atoms with Crippen LogP contribution in [-0.2, 0) is 20.3 Å². The molecule has 0 aliphatic heterocycles. The van der Waals surface area contributed by atoms with Crippen molar-refractivity contribution in [1.82, 2.24) is 9.78 Å². The van der Waals surface area contributed by atoms with Gasteiger partial charge < -0.3 is 9.42 Å². The Morgan fingerprint density at radius 2 is 2.13 bits per heavy atom. The number of rotatable bonds is 6. The summed E-state index contributed by atoms with van der Waals surface area (Å²) in [6.07, 6.45) is 5.36. The van der Waals surface area contributed by atoms with Gasteiger partial charge in [-0.1, -0.05) is 6.07 Å². The number of thiophene rings is 1. The van der Waals surface area contributed by atoms with Crippen LogP contribution >= 0.6 is 19.2 Å². The summed E-state index contributed by atoms with van der Waals surface area (Å²) >= 11 is 1.61. The van der Waals surface area contributed by atoms with Gasteiger partial charge in [-0.3, -0.25) is 9.09 Å². The molecule has 0 radical (unpaired) electrons. The fourth-order valence-corrected chi connectivity index (χ4v) is 3.23. The first-order valence-electron chi connectivity index (χ1n) is 6.65. The van der Waals surface area contributed by atoms with Crippen molar-refractivity contribution < 1.29 is 48.1 Å². The molecule has 2 rings (SSSR count). The summed E-state index contributed by atoms with van der Waals surface area (Å²) in [5.74, 6) is 0. The van der Waals surface area contributed by atoms with Crippen molar-refractivity contribution in [3.63, 3.8) is 0 Å². The zero-order valence-electron chi connectivity index (χ0n) is 13.6. The van der Waals surface area contributed by atoms with Crippen LogP contribution in [0.5, 0.6) is 0 Å². The van der Waals surface area contributed by atoms with E-state index in [1.807, 2.05) is 29.7 Å². The molecule has 0 amide bonds. The van der Waals surface area contributed by atoms with Gasteiger partial charge in [-0.2, -0.15) is 5.10 Å². The Labute approximate surface area is 162 Å². The first-order chi connectivity index (χ1) is 10.3. The van der Waals surface area contributed by atoms with Gasteiger partial charge in [0.05, 0.1) is 11.3 Å². The molecule has 23 heavy (non-hydrogen) atoms. The molecular formula is C14H18N2NaO4PS. The third kappa shape index (κ3) is 7.45. The van der Waals surface area contributed by atoms with Gasteiger partial charge in [0, 0.05) is 11.1 Å². The average molecular weight is 364 g/mol. The minimum absolute atomic E-state index is 0. The molecule has 1 atom stereocenters. The molecule has 0 bridgehead atoms. The van der Waals surface area contributed by atoms with Crippen molar-refractivity contribution in [3.05, 3.63) is 40.3 Å². The third-order valence-electron chi connectivity index (χ3n) is 2.43. The van der Waals surface area contributed by atoms with Gasteiger partial charge in [0.25, 0.3) is 7.82 Å². The average Bonchev–Trinajstić information content (AvgIpc) is 3.02. The van der Waals surface area contributed by atoms with E-state index in [4.69, 9.17) is 9.05 Å². The van der Waals surface area contributed by atoms with Gasteiger partial charge in [-0.25, -0.2) is 4.68 Å². The zero-order valence-corrected chi connectivity index (χ0v) is 17.3. The topological polar surface area (TPSA) is 76.4 Å². The van der Waals surface area contributed by atoms with Crippen molar-refractivity contribution in [2.75, 3.05) is 0 Å². The maximum atomic E-state index is 11.7. The quantitative estimate of drug-likeness (QED) is 0.547. The summed E-state index contributed by atoms with van der Waals surface area (Å²) in [4.78, 5) is 12.8. The summed E-state index contributed by atoms with van der Waals surface area (Å²) in [6.45, 7) is 4.70. The molecule has 0 aromatic carbocycles. The van der Waals surface area contributed by atoms with Gasteiger partial charge >= 0.3 is 29.6 Å². The zero-order chi connectivity index (χ0) is 16.2. The third-order valence-corrected chi connectivity index (χ3v) is 4.48. The maximum Gasteiger partial charge on any atom is 1.00 e. The second kappa shape index (κ2) is 8.74. The fourth-order valence-electron chi connectivity index (χ4n) is 1.63. The first-order valence-corrected chi connectivity index (χ1v) is 8.99. The van der Waals surface area contributed by atoms with E-state index >= 15 is 0 Å². The van der Waals surface area contributed by atoms with E-state index in [1.165, 1.54) is 4.68 Å². The Kier molecular flexibility index (Phi) is 7.90. The van der Waals surface area contributed by atoms with E-state index in [9.17, 15) is 9.46 Å². The molecule has 0 aliphatic carbocycles. The molecule has 0 fully saturated rings. The normalized spacial score (nSPS) is 14.6. The van der Waals surface area contributed by atoms with Crippen molar-refractivity contribution in [3.8, 4) is 0 Å². The fraction of sp³-hybridized carbons (Fsp3) is 0.357. The number of nitrogens with zero attached hydrogens (tertiary/aromatic N) is 2. The van der Waals surface area contributed by atoms with E-state index < -0.39 is 13.4 Å². The smallest absolute Gasteiger partial charge is 0.756 e. The summed E-state index contributed by atoms with van der Waals surface area (Å²) in [5, 5.41) is 6.03. The number of hydrogen-bond acceptors (Lipinski definition) is 6. The van der Waals surface area contributed by atoms with Gasteiger partial charge in [0.1, 0.15) is 6.73 Å². The van der Waals surface area contributed by atoms with Crippen molar-refractivity contribution in [1.29, 1.82) is 0 Å². The minimum atomic E-state index is -4.37. The monoisotopic (exact) mass is 364 g/mol. The largest absolute Gasteiger partial charge is 1.00 e. The molecule has 0 saturated carbocycles. The second-order valence-electron chi connectivity index (χ2n) is 5.51. The Bertz CT molecular complexity index is 679. The first kappa shape index (κ1) is 20.8. The standard InChI is InChI=1S/C14H19N2O4PS.Na/c1-14(2,3)20-21(17,18)19-11-16-12(8-9-15-16)6-7-13-5-4-10-22-13;/h4-10H,11H2,1-3H3,(H,17,18);/q;+1/p-1. The molecular weight excluding hydrogens is 346 g/mol. The Hall–Kier alpha value is -0.240. The van der Waals surface area contributed by atoms with Crippen LogP contribution < -0.4 is 34.5 Å². The SMILES string of the molecule is CC(C)(C)OP(=O)([O-])OCn1nccc1C=Cc1cccs1.[Na+]. The number of hydrogen-bond donors (Lipinski definition) is 0. The van der Waals surface area contributed by atoms with E-state index in [0.717, 1.165) is 10.6 Å². The van der Waals surface area contributed by atoms with Gasteiger partial charge in [-0.15, -0.1) is 11.3 Å². The Morgan fingerprint density at radius 3 is 2.74 bits per heavy atom. The molecule has 0 saturated heterocycles. The van der Waals surface area contributed by atoms with Gasteiger partial charge in [-0.05, 0) is 50.4 Å². The summed E-state index contributed by atoms with van der Waals surface area (Å²) < 4.78 is 22.9. The van der Waals surface area contributed by atoms with E-state index in [-0.39, 0.29) is 36.3 Å². The number of phosphoric ester groups is 1. The van der Waals surface area contributed by atoms with Crippen molar-refractivity contribution in [2.45, 2.75) is 33.1 Å². The van der Waals surface area contributed by atoms with Crippen LogP contribution in [0, 0.1) is 0 Å². The molecule has 0 spiro atoms. The summed E-state index contributed by atoms with van der Waals surface area (Å²) in [6, 6.07) is 5.72. The van der Waals surface area contributed by atoms with Gasteiger partial charge in [0.2, 0.25) is 0 Å². The van der Waals surface area contributed by atoms with Crippen LogP contribution in [0.2, 0.25) is 0 Å². The molecule has 1 unspecified atom stereocenters. The molecule has 2 aromatic heterocycles. The molecule has 2 aromatic rings. The predicted molar refractivity (Wildman–Crippen MR) is 85.0 cm³/mol. The molecule has 120 valence electrons. The maximum absolute atomic E-state index is 11.7. The van der Waals surface area contributed by atoms with E-state index in [0.29, 0.717) is 0 Å². The Morgan fingerprint density at radius 1 is 1.39 bits per heavy atom. The summed E-state index contributed by atoms with van der Waals surface area (Å²) in [5.41, 5.74) is -0.0901. The van der Waals surface area contributed by atoms with E-state index in [1.54, 1.807) is 44.4 Å². The second-order valence-corrected chi connectivity index (χ2v) is 7.83.